The van der Waals surface area contributed by atoms with Crippen molar-refractivity contribution in [3.8, 4) is 23.6 Å². The second-order valence-electron chi connectivity index (χ2n) is 8.97. The molecule has 0 spiro atoms. The van der Waals surface area contributed by atoms with E-state index in [2.05, 4.69) is 12.1 Å². The van der Waals surface area contributed by atoms with Gasteiger partial charge >= 0.3 is 5.97 Å². The van der Waals surface area contributed by atoms with Gasteiger partial charge in [0.1, 0.15) is 17.6 Å². The SMILES string of the molecule is CC1(C)C(C(=O)OC(C#N)c2cccc(Oc3ccc(Cl)cc3)c2)C1C(C#N)=Cc1ccccc1. The number of nitrogens with zero attached hydrogens (tertiary/aromatic N) is 2. The van der Waals surface area contributed by atoms with Crippen molar-refractivity contribution in [3.05, 3.63) is 101 Å². The van der Waals surface area contributed by atoms with Crippen LogP contribution in [0.25, 0.3) is 6.08 Å². The van der Waals surface area contributed by atoms with E-state index in [-0.39, 0.29) is 5.92 Å². The first-order valence-electron chi connectivity index (χ1n) is 11.1. The minimum atomic E-state index is -1.10. The predicted octanol–water partition coefficient (Wildman–Crippen LogP) is 7.12. The molecule has 35 heavy (non-hydrogen) atoms. The maximum absolute atomic E-state index is 13.1. The Balaban J connectivity index is 1.49. The predicted molar refractivity (Wildman–Crippen MR) is 133 cm³/mol. The third kappa shape index (κ3) is 5.38. The highest BCUT2D eigenvalue weighted by atomic mass is 35.5. The molecule has 1 saturated carbocycles. The van der Waals surface area contributed by atoms with Crippen LogP contribution in [0.5, 0.6) is 11.5 Å². The topological polar surface area (TPSA) is 83.1 Å². The standard InChI is InChI=1S/C29H23ClN2O3/c1-29(2)26(21(17-31)15-19-7-4-3-5-8-19)27(29)28(33)35-25(18-32)20-9-6-10-24(16-20)34-23-13-11-22(30)12-14-23/h3-16,25-27H,1-2H3. The van der Waals surface area contributed by atoms with Crippen molar-refractivity contribution in [3.63, 3.8) is 0 Å². The molecule has 3 atom stereocenters. The lowest BCUT2D eigenvalue weighted by Crippen LogP contribution is -2.14. The van der Waals surface area contributed by atoms with Crippen LogP contribution in [0, 0.1) is 39.9 Å². The number of nitriles is 2. The smallest absolute Gasteiger partial charge is 0.311 e. The Morgan fingerprint density at radius 1 is 0.971 bits per heavy atom. The zero-order valence-electron chi connectivity index (χ0n) is 19.3. The summed E-state index contributed by atoms with van der Waals surface area (Å²) >= 11 is 5.92. The van der Waals surface area contributed by atoms with Crippen molar-refractivity contribution in [1.29, 1.82) is 10.5 Å². The molecule has 0 amide bonds. The minimum absolute atomic E-state index is 0.279. The number of ether oxygens (including phenoxy) is 2. The molecule has 0 heterocycles. The van der Waals surface area contributed by atoms with Gasteiger partial charge in [0, 0.05) is 22.1 Å². The van der Waals surface area contributed by atoms with E-state index in [1.165, 1.54) is 0 Å². The molecule has 3 aromatic carbocycles. The van der Waals surface area contributed by atoms with Crippen molar-refractivity contribution in [2.24, 2.45) is 17.3 Å². The van der Waals surface area contributed by atoms with Crippen LogP contribution < -0.4 is 4.74 Å². The highest BCUT2D eigenvalue weighted by Gasteiger charge is 2.64. The summed E-state index contributed by atoms with van der Waals surface area (Å²) in [6, 6.07) is 27.6. The number of carbonyl (C=O) groups is 1. The van der Waals surface area contributed by atoms with Gasteiger partial charge in [0.15, 0.2) is 0 Å². The van der Waals surface area contributed by atoms with Gasteiger partial charge in [-0.05, 0) is 53.5 Å². The Bertz CT molecular complexity index is 1330. The molecular formula is C29H23ClN2O3. The van der Waals surface area contributed by atoms with Crippen LogP contribution in [-0.4, -0.2) is 5.97 Å². The molecule has 3 aromatic rings. The zero-order valence-corrected chi connectivity index (χ0v) is 20.1. The molecule has 0 N–H and O–H groups in total. The molecule has 0 radical (unpaired) electrons. The Morgan fingerprint density at radius 2 is 1.69 bits per heavy atom. The van der Waals surface area contributed by atoms with E-state index in [9.17, 15) is 15.3 Å². The summed E-state index contributed by atoms with van der Waals surface area (Å²) in [5.74, 6) is -0.192. The normalized spacial score (nSPS) is 19.1. The van der Waals surface area contributed by atoms with Crippen LogP contribution in [0.15, 0.2) is 84.4 Å². The summed E-state index contributed by atoms with van der Waals surface area (Å²) < 4.78 is 11.5. The van der Waals surface area contributed by atoms with Crippen molar-refractivity contribution in [2.75, 3.05) is 0 Å². The number of benzene rings is 3. The number of carbonyl (C=O) groups excluding carboxylic acids is 1. The lowest BCUT2D eigenvalue weighted by Gasteiger charge is -2.13. The van der Waals surface area contributed by atoms with Gasteiger partial charge in [0.05, 0.1) is 12.0 Å². The molecule has 4 rings (SSSR count). The third-order valence-corrected chi connectivity index (χ3v) is 6.48. The van der Waals surface area contributed by atoms with Gasteiger partial charge in [-0.1, -0.05) is 67.9 Å². The van der Waals surface area contributed by atoms with Crippen LogP contribution in [0.4, 0.5) is 0 Å². The van der Waals surface area contributed by atoms with Gasteiger partial charge in [-0.3, -0.25) is 4.79 Å². The highest BCUT2D eigenvalue weighted by molar-refractivity contribution is 6.30. The van der Waals surface area contributed by atoms with E-state index in [4.69, 9.17) is 21.1 Å². The molecule has 0 saturated heterocycles. The van der Waals surface area contributed by atoms with E-state index in [0.29, 0.717) is 27.7 Å². The maximum Gasteiger partial charge on any atom is 0.311 e. The van der Waals surface area contributed by atoms with E-state index >= 15 is 0 Å². The Labute approximate surface area is 209 Å². The fraction of sp³-hybridized carbons (Fsp3) is 0.207. The van der Waals surface area contributed by atoms with Gasteiger partial charge in [-0.2, -0.15) is 10.5 Å². The van der Waals surface area contributed by atoms with Crippen molar-refractivity contribution >= 4 is 23.6 Å². The molecule has 1 aliphatic rings. The lowest BCUT2D eigenvalue weighted by atomic mass is 10.0. The second-order valence-corrected chi connectivity index (χ2v) is 9.41. The summed E-state index contributed by atoms with van der Waals surface area (Å²) in [4.78, 5) is 13.1. The summed E-state index contributed by atoms with van der Waals surface area (Å²) in [6.45, 7) is 3.86. The minimum Gasteiger partial charge on any atom is -0.457 e. The van der Waals surface area contributed by atoms with Gasteiger partial charge in [-0.15, -0.1) is 0 Å². The van der Waals surface area contributed by atoms with Crippen molar-refractivity contribution in [2.45, 2.75) is 20.0 Å². The molecule has 0 bridgehead atoms. The highest BCUT2D eigenvalue weighted by Crippen LogP contribution is 2.62. The molecule has 0 aliphatic heterocycles. The molecule has 174 valence electrons. The Hall–Kier alpha value is -4.06. The molecule has 3 unspecified atom stereocenters. The molecular weight excluding hydrogens is 460 g/mol. The summed E-state index contributed by atoms with van der Waals surface area (Å²) in [6.07, 6.45) is 0.705. The van der Waals surface area contributed by atoms with Crippen LogP contribution >= 0.6 is 11.6 Å². The fourth-order valence-electron chi connectivity index (χ4n) is 4.32. The molecule has 1 fully saturated rings. The van der Waals surface area contributed by atoms with E-state index in [1.807, 2.05) is 44.2 Å². The Kier molecular flexibility index (Phi) is 6.92. The third-order valence-electron chi connectivity index (χ3n) is 6.23. The average molecular weight is 483 g/mol. The molecule has 5 nitrogen and oxygen atoms in total. The number of halogens is 1. The lowest BCUT2D eigenvalue weighted by molar-refractivity contribution is -0.149. The van der Waals surface area contributed by atoms with Crippen LogP contribution in [-0.2, 0) is 9.53 Å². The Morgan fingerprint density at radius 3 is 2.34 bits per heavy atom. The van der Waals surface area contributed by atoms with Crippen LogP contribution in [0.2, 0.25) is 5.02 Å². The van der Waals surface area contributed by atoms with E-state index < -0.39 is 23.4 Å². The zero-order chi connectivity index (χ0) is 25.0. The maximum atomic E-state index is 13.1. The van der Waals surface area contributed by atoms with Crippen LogP contribution in [0.3, 0.4) is 0 Å². The number of rotatable bonds is 7. The molecule has 1 aliphatic carbocycles. The molecule has 0 aromatic heterocycles. The monoisotopic (exact) mass is 482 g/mol. The number of hydrogen-bond donors (Lipinski definition) is 0. The van der Waals surface area contributed by atoms with Gasteiger partial charge in [0.25, 0.3) is 0 Å². The van der Waals surface area contributed by atoms with Gasteiger partial charge in [0.2, 0.25) is 6.10 Å². The molecule has 6 heteroatoms. The van der Waals surface area contributed by atoms with Gasteiger partial charge in [-0.25, -0.2) is 0 Å². The number of esters is 1. The summed E-state index contributed by atoms with van der Waals surface area (Å²) in [5, 5.41) is 20.1. The quantitative estimate of drug-likeness (QED) is 0.264. The van der Waals surface area contributed by atoms with Crippen molar-refractivity contribution < 1.29 is 14.3 Å². The van der Waals surface area contributed by atoms with Crippen molar-refractivity contribution in [1.82, 2.24) is 0 Å². The second kappa shape index (κ2) is 10.1. The number of allylic oxidation sites excluding steroid dienone is 1. The summed E-state index contributed by atoms with van der Waals surface area (Å²) in [7, 11) is 0. The first-order valence-corrected chi connectivity index (χ1v) is 11.5. The average Bonchev–Trinajstić information content (AvgIpc) is 3.44. The number of hydrogen-bond acceptors (Lipinski definition) is 5. The summed E-state index contributed by atoms with van der Waals surface area (Å²) in [5.41, 5.74) is 1.47. The largest absolute Gasteiger partial charge is 0.457 e. The van der Waals surface area contributed by atoms with E-state index in [1.54, 1.807) is 54.6 Å². The van der Waals surface area contributed by atoms with E-state index in [0.717, 1.165) is 5.56 Å². The first kappa shape index (κ1) is 24.1. The van der Waals surface area contributed by atoms with Crippen LogP contribution in [0.1, 0.15) is 31.1 Å². The van der Waals surface area contributed by atoms with Gasteiger partial charge < -0.3 is 9.47 Å². The first-order chi connectivity index (χ1) is 16.8. The fourth-order valence-corrected chi connectivity index (χ4v) is 4.44.